The van der Waals surface area contributed by atoms with Gasteiger partial charge in [0, 0.05) is 38.2 Å². The predicted molar refractivity (Wildman–Crippen MR) is 287 cm³/mol. The average molecular weight is 883 g/mol. The van der Waals surface area contributed by atoms with Crippen molar-refractivity contribution in [2.45, 2.75) is 0 Å². The van der Waals surface area contributed by atoms with Crippen molar-refractivity contribution >= 4 is 83.2 Å². The first-order valence-corrected chi connectivity index (χ1v) is 25.4. The summed E-state index contributed by atoms with van der Waals surface area (Å²) in [6.45, 7) is 0. The molecule has 1 atom stereocenters. The van der Waals surface area contributed by atoms with E-state index in [1.807, 2.05) is 0 Å². The number of hydrogen-bond acceptors (Lipinski definition) is 1. The summed E-state index contributed by atoms with van der Waals surface area (Å²) in [6.07, 6.45) is 0. The molecule has 14 rings (SSSR count). The maximum atomic E-state index is 7.25. The van der Waals surface area contributed by atoms with Crippen LogP contribution in [0.15, 0.2) is 255 Å². The number of aromatic nitrogens is 2. The summed E-state index contributed by atoms with van der Waals surface area (Å²) in [4.78, 5) is 0. The zero-order valence-electron chi connectivity index (χ0n) is 37.1. The highest BCUT2D eigenvalue weighted by Gasteiger charge is 2.49. The van der Waals surface area contributed by atoms with Crippen LogP contribution >= 0.6 is 0 Å². The maximum Gasteiger partial charge on any atom is 0.188 e. The first-order chi connectivity index (χ1) is 33.8. The van der Waals surface area contributed by atoms with Gasteiger partial charge in [-0.2, -0.15) is 0 Å². The fourth-order valence-electron chi connectivity index (χ4n) is 11.6. The normalized spacial score (nSPS) is 14.4. The molecule has 0 spiro atoms. The lowest BCUT2D eigenvalue weighted by Gasteiger charge is -2.40. The van der Waals surface area contributed by atoms with E-state index in [1.54, 1.807) is 0 Å². The molecule has 3 heterocycles. The Labute approximate surface area is 395 Å². The van der Waals surface area contributed by atoms with Gasteiger partial charge < -0.3 is 13.9 Å². The van der Waals surface area contributed by atoms with Gasteiger partial charge in [0.25, 0.3) is 0 Å². The summed E-state index contributed by atoms with van der Waals surface area (Å²) >= 11 is 0. The molecule has 2 aromatic heterocycles. The standard InChI is InChI=1S/C64H42N2OSi/c1-3-19-43(20-4-1)44-21-15-24-47(41-44)68(61-38-18-29-51-53(61)30-17-35-58(51)66-56-33-11-7-25-49(56)50-26-8-12-34-57(50)66)62-37-14-13-36-59(62)67-60-42-45(39-40-63(60)68)48-28-16-31-54-52-27-9-10-32-55(52)65(64(48)54)46-22-5-2-6-23-46/h1-42H. The molecule has 11 aromatic carbocycles. The van der Waals surface area contributed by atoms with Crippen LogP contribution in [0.25, 0.3) is 88.0 Å². The number of nitrogens with zero attached hydrogens (tertiary/aromatic N) is 2. The number of hydrogen-bond donors (Lipinski definition) is 0. The Morgan fingerprint density at radius 2 is 0.853 bits per heavy atom. The van der Waals surface area contributed by atoms with Gasteiger partial charge in [-0.3, -0.25) is 0 Å². The van der Waals surface area contributed by atoms with Crippen LogP contribution in [0.3, 0.4) is 0 Å². The summed E-state index contributed by atoms with van der Waals surface area (Å²) in [5.41, 5.74) is 11.7. The Morgan fingerprint density at radius 3 is 1.63 bits per heavy atom. The van der Waals surface area contributed by atoms with Crippen molar-refractivity contribution in [1.29, 1.82) is 0 Å². The lowest BCUT2D eigenvalue weighted by molar-refractivity contribution is 0.487. The molecule has 0 fully saturated rings. The third-order valence-electron chi connectivity index (χ3n) is 14.4. The first kappa shape index (κ1) is 38.6. The highest BCUT2D eigenvalue weighted by molar-refractivity contribution is 7.21. The minimum absolute atomic E-state index is 0.896. The maximum absolute atomic E-state index is 7.25. The Bertz CT molecular complexity index is 4080. The summed E-state index contributed by atoms with van der Waals surface area (Å²) in [7, 11) is -3.23. The molecule has 0 aliphatic carbocycles. The van der Waals surface area contributed by atoms with Gasteiger partial charge >= 0.3 is 0 Å². The van der Waals surface area contributed by atoms with Gasteiger partial charge in [-0.05, 0) is 91.4 Å². The number of ether oxygens (including phenoxy) is 1. The molecule has 1 aliphatic heterocycles. The van der Waals surface area contributed by atoms with Crippen LogP contribution in [0.2, 0.25) is 0 Å². The molecule has 0 bridgehead atoms. The number of fused-ring (bicyclic) bond motifs is 9. The zero-order valence-corrected chi connectivity index (χ0v) is 38.1. The first-order valence-electron chi connectivity index (χ1n) is 23.4. The van der Waals surface area contributed by atoms with Crippen LogP contribution < -0.4 is 25.5 Å². The lowest BCUT2D eigenvalue weighted by atomic mass is 10.0. The Kier molecular flexibility index (Phi) is 8.60. The predicted octanol–water partition coefficient (Wildman–Crippen LogP) is 13.9. The quantitative estimate of drug-likeness (QED) is 0.152. The van der Waals surface area contributed by atoms with E-state index in [0.29, 0.717) is 0 Å². The minimum atomic E-state index is -3.23. The third kappa shape index (κ3) is 5.59. The fraction of sp³-hybridized carbons (Fsp3) is 0. The molecule has 4 heteroatoms. The second kappa shape index (κ2) is 15.2. The molecular weight excluding hydrogens is 841 g/mol. The van der Waals surface area contributed by atoms with Crippen molar-refractivity contribution in [1.82, 2.24) is 9.13 Å². The zero-order chi connectivity index (χ0) is 44.8. The highest BCUT2D eigenvalue weighted by atomic mass is 28.3. The Hall–Kier alpha value is -8.70. The van der Waals surface area contributed by atoms with Crippen LogP contribution in [-0.4, -0.2) is 17.2 Å². The van der Waals surface area contributed by atoms with Crippen molar-refractivity contribution in [3.8, 4) is 45.1 Å². The molecule has 1 unspecified atom stereocenters. The minimum Gasteiger partial charge on any atom is -0.458 e. The largest absolute Gasteiger partial charge is 0.458 e. The molecule has 13 aromatic rings. The summed E-state index contributed by atoms with van der Waals surface area (Å²) < 4.78 is 12.1. The van der Waals surface area contributed by atoms with Crippen molar-refractivity contribution in [2.24, 2.45) is 0 Å². The van der Waals surface area contributed by atoms with Crippen LogP contribution in [0.1, 0.15) is 0 Å². The molecule has 0 N–H and O–H groups in total. The van der Waals surface area contributed by atoms with Crippen molar-refractivity contribution < 1.29 is 4.74 Å². The molecule has 0 radical (unpaired) electrons. The monoisotopic (exact) mass is 882 g/mol. The number of para-hydroxylation sites is 6. The van der Waals surface area contributed by atoms with Crippen LogP contribution in [0, 0.1) is 0 Å². The molecule has 0 amide bonds. The van der Waals surface area contributed by atoms with Gasteiger partial charge in [-0.15, -0.1) is 0 Å². The van der Waals surface area contributed by atoms with Gasteiger partial charge in [-0.1, -0.05) is 206 Å². The van der Waals surface area contributed by atoms with E-state index in [1.165, 1.54) is 91.9 Å². The molecule has 318 valence electrons. The summed E-state index contributed by atoms with van der Waals surface area (Å²) in [5.74, 6) is 1.80. The van der Waals surface area contributed by atoms with Crippen LogP contribution in [-0.2, 0) is 0 Å². The molecule has 0 saturated carbocycles. The molecule has 1 aliphatic rings. The lowest BCUT2D eigenvalue weighted by Crippen LogP contribution is -2.76. The second-order valence-electron chi connectivity index (χ2n) is 17.9. The van der Waals surface area contributed by atoms with Crippen molar-refractivity contribution in [3.63, 3.8) is 0 Å². The fourth-order valence-corrected chi connectivity index (χ4v) is 16.8. The summed E-state index contributed by atoms with van der Waals surface area (Å²) in [5, 5.41) is 12.5. The molecule has 0 saturated heterocycles. The van der Waals surface area contributed by atoms with Crippen LogP contribution in [0.4, 0.5) is 0 Å². The smallest absolute Gasteiger partial charge is 0.188 e. The number of benzene rings is 11. The van der Waals surface area contributed by atoms with Gasteiger partial charge in [0.2, 0.25) is 0 Å². The van der Waals surface area contributed by atoms with E-state index in [-0.39, 0.29) is 0 Å². The Balaban J connectivity index is 1.07. The van der Waals surface area contributed by atoms with Crippen molar-refractivity contribution in [3.05, 3.63) is 255 Å². The highest BCUT2D eigenvalue weighted by Crippen LogP contribution is 2.41. The van der Waals surface area contributed by atoms with Gasteiger partial charge in [0.15, 0.2) is 8.07 Å². The van der Waals surface area contributed by atoms with Crippen molar-refractivity contribution in [2.75, 3.05) is 0 Å². The topological polar surface area (TPSA) is 19.1 Å². The average Bonchev–Trinajstić information content (AvgIpc) is 3.93. The molecule has 68 heavy (non-hydrogen) atoms. The summed E-state index contributed by atoms with van der Waals surface area (Å²) in [6, 6.07) is 93.9. The van der Waals surface area contributed by atoms with Crippen LogP contribution in [0.5, 0.6) is 11.5 Å². The van der Waals surface area contributed by atoms with Gasteiger partial charge in [0.05, 0.1) is 27.8 Å². The van der Waals surface area contributed by atoms with E-state index in [2.05, 4.69) is 264 Å². The molecular formula is C64H42N2OSi. The molecule has 3 nitrogen and oxygen atoms in total. The van der Waals surface area contributed by atoms with Gasteiger partial charge in [0.1, 0.15) is 11.5 Å². The van der Waals surface area contributed by atoms with Gasteiger partial charge in [-0.25, -0.2) is 0 Å². The third-order valence-corrected chi connectivity index (χ3v) is 19.3. The van der Waals surface area contributed by atoms with E-state index in [0.717, 1.165) is 28.3 Å². The SMILES string of the molecule is c1ccc(-c2cccc([Si]3(c4cccc5c(-n6c7ccccc7c7ccccc76)cccc45)c4ccccc4Oc4cc(-c5cccc6c7ccccc7n(-c7ccccc7)c56)ccc43)c2)cc1. The second-order valence-corrected chi connectivity index (χ2v) is 21.6. The van der Waals surface area contributed by atoms with E-state index < -0.39 is 8.07 Å². The van der Waals surface area contributed by atoms with E-state index in [9.17, 15) is 0 Å². The number of rotatable bonds is 6. The van der Waals surface area contributed by atoms with E-state index >= 15 is 0 Å². The Morgan fingerprint density at radius 1 is 0.309 bits per heavy atom. The van der Waals surface area contributed by atoms with E-state index in [4.69, 9.17) is 4.74 Å².